The summed E-state index contributed by atoms with van der Waals surface area (Å²) < 4.78 is 45.4. The summed E-state index contributed by atoms with van der Waals surface area (Å²) in [6.07, 6.45) is -3.99. The molecule has 0 saturated heterocycles. The van der Waals surface area contributed by atoms with Gasteiger partial charge in [-0.25, -0.2) is 0 Å². The highest BCUT2D eigenvalue weighted by Crippen LogP contribution is 2.24. The SMILES string of the molecule is COc1ccccc1CCNC(=S)Nc1ccc(OC(F)(F)F)cc1. The van der Waals surface area contributed by atoms with Gasteiger partial charge < -0.3 is 20.1 Å². The van der Waals surface area contributed by atoms with Crippen molar-refractivity contribution < 1.29 is 22.6 Å². The lowest BCUT2D eigenvalue weighted by Gasteiger charge is -2.13. The zero-order chi connectivity index (χ0) is 18.3. The molecule has 0 bridgehead atoms. The van der Waals surface area contributed by atoms with Gasteiger partial charge in [0, 0.05) is 12.2 Å². The Morgan fingerprint density at radius 3 is 2.40 bits per heavy atom. The van der Waals surface area contributed by atoms with Gasteiger partial charge >= 0.3 is 6.36 Å². The van der Waals surface area contributed by atoms with Gasteiger partial charge in [0.2, 0.25) is 0 Å². The van der Waals surface area contributed by atoms with E-state index >= 15 is 0 Å². The van der Waals surface area contributed by atoms with E-state index in [2.05, 4.69) is 15.4 Å². The lowest BCUT2D eigenvalue weighted by molar-refractivity contribution is -0.274. The van der Waals surface area contributed by atoms with E-state index in [1.165, 1.54) is 24.3 Å². The van der Waals surface area contributed by atoms with Crippen LogP contribution >= 0.6 is 12.2 Å². The van der Waals surface area contributed by atoms with Crippen molar-refractivity contribution in [2.75, 3.05) is 19.0 Å². The number of rotatable bonds is 6. The third-order valence-corrected chi connectivity index (χ3v) is 3.46. The molecule has 0 fully saturated rings. The van der Waals surface area contributed by atoms with Crippen molar-refractivity contribution in [1.29, 1.82) is 0 Å². The first-order valence-corrected chi connectivity index (χ1v) is 7.81. The summed E-state index contributed by atoms with van der Waals surface area (Å²) in [6, 6.07) is 13.0. The average molecular weight is 370 g/mol. The molecule has 2 rings (SSSR count). The number of alkyl halides is 3. The van der Waals surface area contributed by atoms with Crippen LogP contribution in [0, 0.1) is 0 Å². The number of ether oxygens (including phenoxy) is 2. The summed E-state index contributed by atoms with van der Waals surface area (Å²) in [5, 5.41) is 6.31. The highest BCUT2D eigenvalue weighted by atomic mass is 32.1. The van der Waals surface area contributed by atoms with Crippen molar-refractivity contribution in [3.63, 3.8) is 0 Å². The van der Waals surface area contributed by atoms with Crippen molar-refractivity contribution in [1.82, 2.24) is 5.32 Å². The lowest BCUT2D eigenvalue weighted by atomic mass is 10.1. The predicted molar refractivity (Wildman–Crippen MR) is 94.0 cm³/mol. The van der Waals surface area contributed by atoms with E-state index in [-0.39, 0.29) is 5.75 Å². The molecule has 2 N–H and O–H groups in total. The van der Waals surface area contributed by atoms with Gasteiger partial charge in [0.25, 0.3) is 0 Å². The van der Waals surface area contributed by atoms with Crippen LogP contribution in [-0.2, 0) is 6.42 Å². The first kappa shape index (κ1) is 18.9. The van der Waals surface area contributed by atoms with Crippen molar-refractivity contribution in [3.05, 3.63) is 54.1 Å². The fourth-order valence-electron chi connectivity index (χ4n) is 2.14. The first-order valence-electron chi connectivity index (χ1n) is 7.40. The molecule has 0 saturated carbocycles. The summed E-state index contributed by atoms with van der Waals surface area (Å²) in [5.41, 5.74) is 1.61. The van der Waals surface area contributed by atoms with E-state index in [0.717, 1.165) is 11.3 Å². The van der Waals surface area contributed by atoms with Crippen LogP contribution in [0.15, 0.2) is 48.5 Å². The zero-order valence-corrected chi connectivity index (χ0v) is 14.2. The molecule has 25 heavy (non-hydrogen) atoms. The molecule has 0 atom stereocenters. The minimum atomic E-state index is -4.70. The van der Waals surface area contributed by atoms with Crippen LogP contribution < -0.4 is 20.1 Å². The van der Waals surface area contributed by atoms with Crippen molar-refractivity contribution in [2.24, 2.45) is 0 Å². The Morgan fingerprint density at radius 1 is 1.08 bits per heavy atom. The number of hydrogen-bond donors (Lipinski definition) is 2. The Labute approximate surface area is 148 Å². The maximum absolute atomic E-state index is 12.1. The van der Waals surface area contributed by atoms with Crippen LogP contribution in [0.5, 0.6) is 11.5 Å². The van der Waals surface area contributed by atoms with Crippen LogP contribution in [0.2, 0.25) is 0 Å². The molecule has 0 radical (unpaired) electrons. The maximum Gasteiger partial charge on any atom is 0.573 e. The van der Waals surface area contributed by atoms with Crippen molar-refractivity contribution >= 4 is 23.0 Å². The molecule has 0 heterocycles. The average Bonchev–Trinajstić information content (AvgIpc) is 2.56. The number of nitrogens with one attached hydrogen (secondary N) is 2. The fourth-order valence-corrected chi connectivity index (χ4v) is 2.36. The third kappa shape index (κ3) is 6.50. The lowest BCUT2D eigenvalue weighted by Crippen LogP contribution is -2.30. The highest BCUT2D eigenvalue weighted by Gasteiger charge is 2.30. The Morgan fingerprint density at radius 2 is 1.76 bits per heavy atom. The minimum absolute atomic E-state index is 0.284. The zero-order valence-electron chi connectivity index (χ0n) is 13.4. The van der Waals surface area contributed by atoms with Crippen LogP contribution in [-0.4, -0.2) is 25.1 Å². The summed E-state index contributed by atoms with van der Waals surface area (Å²) >= 11 is 5.17. The Balaban J connectivity index is 1.80. The standard InChI is InChI=1S/C17H17F3N2O2S/c1-23-15-5-3-2-4-12(15)10-11-21-16(25)22-13-6-8-14(9-7-13)24-17(18,19)20/h2-9H,10-11H2,1H3,(H2,21,22,25). The number of halogens is 3. The topological polar surface area (TPSA) is 42.5 Å². The molecule has 4 nitrogen and oxygen atoms in total. The fraction of sp³-hybridized carbons (Fsp3) is 0.235. The molecule has 0 aromatic heterocycles. The third-order valence-electron chi connectivity index (χ3n) is 3.22. The molecular formula is C17H17F3N2O2S. The molecule has 0 aliphatic carbocycles. The Hall–Kier alpha value is -2.48. The maximum atomic E-state index is 12.1. The second kappa shape index (κ2) is 8.57. The second-order valence-electron chi connectivity index (χ2n) is 5.01. The Bertz CT molecular complexity index is 706. The van der Waals surface area contributed by atoms with Crippen molar-refractivity contribution in [2.45, 2.75) is 12.8 Å². The van der Waals surface area contributed by atoms with Gasteiger partial charge in [-0.15, -0.1) is 13.2 Å². The van der Waals surface area contributed by atoms with Crippen molar-refractivity contribution in [3.8, 4) is 11.5 Å². The monoisotopic (exact) mass is 370 g/mol. The number of benzene rings is 2. The quantitative estimate of drug-likeness (QED) is 0.749. The molecule has 0 spiro atoms. The number of para-hydroxylation sites is 1. The molecular weight excluding hydrogens is 353 g/mol. The molecule has 134 valence electrons. The molecule has 0 unspecified atom stereocenters. The van der Waals surface area contributed by atoms with E-state index in [0.29, 0.717) is 23.8 Å². The van der Waals surface area contributed by atoms with Gasteiger partial charge in [-0.1, -0.05) is 18.2 Å². The van der Waals surface area contributed by atoms with Crippen LogP contribution in [0.25, 0.3) is 0 Å². The molecule has 2 aromatic carbocycles. The molecule has 0 aliphatic heterocycles. The number of methoxy groups -OCH3 is 1. The molecule has 0 amide bonds. The highest BCUT2D eigenvalue weighted by molar-refractivity contribution is 7.80. The Kier molecular flexibility index (Phi) is 6.46. The van der Waals surface area contributed by atoms with Gasteiger partial charge in [0.05, 0.1) is 7.11 Å². The van der Waals surface area contributed by atoms with E-state index < -0.39 is 6.36 Å². The summed E-state index contributed by atoms with van der Waals surface area (Å²) in [6.45, 7) is 0.585. The second-order valence-corrected chi connectivity index (χ2v) is 5.42. The van der Waals surface area contributed by atoms with Crippen LogP contribution in [0.3, 0.4) is 0 Å². The summed E-state index contributed by atoms with van der Waals surface area (Å²) in [7, 11) is 1.62. The van der Waals surface area contributed by atoms with Crippen LogP contribution in [0.1, 0.15) is 5.56 Å². The van der Waals surface area contributed by atoms with Gasteiger partial charge in [-0.05, 0) is 54.5 Å². The van der Waals surface area contributed by atoms with E-state index in [1.807, 2.05) is 24.3 Å². The largest absolute Gasteiger partial charge is 0.573 e. The number of anilines is 1. The van der Waals surface area contributed by atoms with E-state index in [1.54, 1.807) is 7.11 Å². The molecule has 8 heteroatoms. The van der Waals surface area contributed by atoms with Gasteiger partial charge in [-0.2, -0.15) is 0 Å². The van der Waals surface area contributed by atoms with E-state index in [4.69, 9.17) is 17.0 Å². The smallest absolute Gasteiger partial charge is 0.496 e. The molecule has 2 aromatic rings. The van der Waals surface area contributed by atoms with E-state index in [9.17, 15) is 13.2 Å². The minimum Gasteiger partial charge on any atom is -0.496 e. The van der Waals surface area contributed by atoms with Gasteiger partial charge in [0.15, 0.2) is 5.11 Å². The number of hydrogen-bond acceptors (Lipinski definition) is 3. The number of thiocarbonyl (C=S) groups is 1. The summed E-state index contributed by atoms with van der Waals surface area (Å²) in [5.74, 6) is 0.525. The predicted octanol–water partition coefficient (Wildman–Crippen LogP) is 4.12. The molecule has 0 aliphatic rings. The summed E-state index contributed by atoms with van der Waals surface area (Å²) in [4.78, 5) is 0. The normalized spacial score (nSPS) is 10.9. The first-order chi connectivity index (χ1) is 11.9. The van der Waals surface area contributed by atoms with Gasteiger partial charge in [-0.3, -0.25) is 0 Å². The van der Waals surface area contributed by atoms with Gasteiger partial charge in [0.1, 0.15) is 11.5 Å². The van der Waals surface area contributed by atoms with Crippen LogP contribution in [0.4, 0.5) is 18.9 Å².